The fourth-order valence-corrected chi connectivity index (χ4v) is 8.80. The number of ether oxygens (including phenoxy) is 15. The Morgan fingerprint density at radius 1 is 0.500 bits per heavy atom. The Bertz CT molecular complexity index is 2190. The van der Waals surface area contributed by atoms with Crippen LogP contribution < -0.4 is 18.9 Å². The van der Waals surface area contributed by atoms with Crippen molar-refractivity contribution in [1.29, 1.82) is 0 Å². The van der Waals surface area contributed by atoms with Crippen molar-refractivity contribution in [3.63, 3.8) is 0 Å². The molecule has 0 N–H and O–H groups in total. The molecule has 22 nitrogen and oxygen atoms in total. The van der Waals surface area contributed by atoms with Crippen molar-refractivity contribution >= 4 is 41.8 Å². The molecule has 4 heterocycles. The predicted octanol–water partition coefficient (Wildman–Crippen LogP) is 3.16. The number of rotatable bonds is 16. The lowest BCUT2D eigenvalue weighted by atomic mass is 9.85. The molecule has 68 heavy (non-hydrogen) atoms. The standard InChI is InChI=1S/C46H56O22/c1-20-37(61-22(3)48)41(63-24(5)50)43(65-26(7)52)45(59-20)58-19-36-40(62-23(4)49)42(64-25(6)51)44(66-27(8)53)46(68-36)67-33-14-12-29(16-35(33)55-10)39-31-18-56-38(30(31)17-57-39)28-11-13-32(60-21(2)47)34(15-28)54-9/h11-16,20,30-31,36-46H,17-19H2,1-10H3/t20?,30-,31-,36?,37?,38+,39?,40?,41?,42?,43?,44?,45?,46?/m0/s1. The van der Waals surface area contributed by atoms with Crippen LogP contribution in [0, 0.1) is 11.8 Å². The first-order chi connectivity index (χ1) is 32.3. The van der Waals surface area contributed by atoms with E-state index in [-0.39, 0.29) is 35.2 Å². The van der Waals surface area contributed by atoms with Crippen LogP contribution in [0.15, 0.2) is 36.4 Å². The van der Waals surface area contributed by atoms with E-state index in [4.69, 9.17) is 71.1 Å². The predicted molar refractivity (Wildman–Crippen MR) is 225 cm³/mol. The van der Waals surface area contributed by atoms with Crippen LogP contribution >= 0.6 is 0 Å². The number of carbonyl (C=O) groups excluding carboxylic acids is 7. The number of methoxy groups -OCH3 is 2. The van der Waals surface area contributed by atoms with Crippen LogP contribution in [0.5, 0.6) is 23.0 Å². The summed E-state index contributed by atoms with van der Waals surface area (Å²) in [6, 6.07) is 10.3. The van der Waals surface area contributed by atoms with Crippen molar-refractivity contribution in [2.45, 2.75) is 129 Å². The summed E-state index contributed by atoms with van der Waals surface area (Å²) in [6.07, 6.45) is -15.1. The Morgan fingerprint density at radius 2 is 0.926 bits per heavy atom. The van der Waals surface area contributed by atoms with Gasteiger partial charge in [0.1, 0.15) is 6.10 Å². The zero-order valence-electron chi connectivity index (χ0n) is 39.1. The topological polar surface area (TPSA) is 258 Å². The minimum absolute atomic E-state index is 0.0526. The van der Waals surface area contributed by atoms with Crippen LogP contribution in [0.3, 0.4) is 0 Å². The molecule has 22 heteroatoms. The summed E-state index contributed by atoms with van der Waals surface area (Å²) in [5.74, 6) is -4.55. The van der Waals surface area contributed by atoms with Crippen molar-refractivity contribution in [3.05, 3.63) is 47.5 Å². The maximum atomic E-state index is 12.7. The van der Waals surface area contributed by atoms with Crippen molar-refractivity contribution in [2.75, 3.05) is 34.0 Å². The third-order valence-electron chi connectivity index (χ3n) is 11.3. The van der Waals surface area contributed by atoms with E-state index in [9.17, 15) is 33.6 Å². The number of fused-ring (bicyclic) bond motifs is 1. The Kier molecular flexibility index (Phi) is 16.9. The van der Waals surface area contributed by atoms with Crippen LogP contribution in [-0.4, -0.2) is 137 Å². The van der Waals surface area contributed by atoms with Gasteiger partial charge in [-0.1, -0.05) is 12.1 Å². The highest BCUT2D eigenvalue weighted by molar-refractivity contribution is 5.71. The smallest absolute Gasteiger partial charge is 0.308 e. The number of benzene rings is 2. The summed E-state index contributed by atoms with van der Waals surface area (Å²) < 4.78 is 87.5. The lowest BCUT2D eigenvalue weighted by Gasteiger charge is -2.46. The van der Waals surface area contributed by atoms with Gasteiger partial charge in [0, 0.05) is 60.3 Å². The summed E-state index contributed by atoms with van der Waals surface area (Å²) >= 11 is 0. The summed E-state index contributed by atoms with van der Waals surface area (Å²) in [7, 11) is 2.89. The first-order valence-electron chi connectivity index (χ1n) is 21.7. The highest BCUT2D eigenvalue weighted by Crippen LogP contribution is 2.52. The number of carbonyl (C=O) groups is 7. The minimum atomic E-state index is -1.61. The van der Waals surface area contributed by atoms with Gasteiger partial charge in [0.15, 0.2) is 59.8 Å². The van der Waals surface area contributed by atoms with Gasteiger partial charge in [-0.2, -0.15) is 0 Å². The van der Waals surface area contributed by atoms with Crippen molar-refractivity contribution in [1.82, 2.24) is 0 Å². The largest absolute Gasteiger partial charge is 0.493 e. The summed E-state index contributed by atoms with van der Waals surface area (Å²) in [5, 5.41) is 0. The van der Waals surface area contributed by atoms with E-state index in [0.29, 0.717) is 19.0 Å². The maximum absolute atomic E-state index is 12.7. The van der Waals surface area contributed by atoms with E-state index in [1.807, 2.05) is 6.07 Å². The molecular formula is C46H56O22. The second-order valence-electron chi connectivity index (χ2n) is 16.4. The van der Waals surface area contributed by atoms with E-state index in [1.54, 1.807) is 30.3 Å². The van der Waals surface area contributed by atoms with E-state index >= 15 is 0 Å². The molecule has 4 saturated heterocycles. The molecule has 14 atom stereocenters. The van der Waals surface area contributed by atoms with Gasteiger partial charge in [-0.05, 0) is 42.3 Å². The normalized spacial score (nSPS) is 30.7. The molecular weight excluding hydrogens is 904 g/mol. The molecule has 4 aliphatic rings. The van der Waals surface area contributed by atoms with E-state index in [0.717, 1.165) is 52.7 Å². The summed E-state index contributed by atoms with van der Waals surface area (Å²) in [4.78, 5) is 86.2. The van der Waals surface area contributed by atoms with E-state index in [1.165, 1.54) is 28.1 Å². The molecule has 0 radical (unpaired) electrons. The second-order valence-corrected chi connectivity index (χ2v) is 16.4. The third-order valence-corrected chi connectivity index (χ3v) is 11.3. The Hall–Kier alpha value is -6.07. The Balaban J connectivity index is 1.27. The van der Waals surface area contributed by atoms with Crippen molar-refractivity contribution in [2.24, 2.45) is 11.8 Å². The fraction of sp³-hybridized carbons (Fsp3) is 0.587. The van der Waals surface area contributed by atoms with Gasteiger partial charge in [-0.3, -0.25) is 33.6 Å². The van der Waals surface area contributed by atoms with Gasteiger partial charge in [-0.25, -0.2) is 0 Å². The number of hydrogen-bond donors (Lipinski definition) is 0. The minimum Gasteiger partial charge on any atom is -0.493 e. The molecule has 11 unspecified atom stereocenters. The Morgan fingerprint density at radius 3 is 1.41 bits per heavy atom. The quantitative estimate of drug-likeness (QED) is 0.133. The molecule has 0 aliphatic carbocycles. The van der Waals surface area contributed by atoms with Gasteiger partial charge in [0.05, 0.1) is 52.4 Å². The lowest BCUT2D eigenvalue weighted by molar-refractivity contribution is -0.323. The number of hydrogen-bond acceptors (Lipinski definition) is 22. The monoisotopic (exact) mass is 960 g/mol. The molecule has 0 saturated carbocycles. The zero-order valence-corrected chi connectivity index (χ0v) is 39.1. The second kappa shape index (κ2) is 22.4. The Labute approximate surface area is 391 Å². The SMILES string of the molecule is COc1cc([C@H]2OC[C@@H]3C(c4ccc(OC5OC(COC6OC(C)C(OC(C)=O)C(OC(C)=O)C6OC(C)=O)C(OC(C)=O)C(OC(C)=O)C5OC(C)=O)c(OC)c4)OC[C@H]23)ccc1OC(C)=O. The van der Waals surface area contributed by atoms with E-state index < -0.39 is 116 Å². The van der Waals surface area contributed by atoms with Gasteiger partial charge in [0.2, 0.25) is 12.4 Å². The molecule has 6 rings (SSSR count). The third kappa shape index (κ3) is 12.1. The maximum Gasteiger partial charge on any atom is 0.308 e. The van der Waals surface area contributed by atoms with Gasteiger partial charge in [0.25, 0.3) is 0 Å². The molecule has 2 aromatic carbocycles. The van der Waals surface area contributed by atoms with E-state index in [2.05, 4.69) is 0 Å². The van der Waals surface area contributed by atoms with Crippen LogP contribution in [0.25, 0.3) is 0 Å². The summed E-state index contributed by atoms with van der Waals surface area (Å²) in [5.41, 5.74) is 1.54. The summed E-state index contributed by atoms with van der Waals surface area (Å²) in [6.45, 7) is 9.59. The van der Waals surface area contributed by atoms with Gasteiger partial charge >= 0.3 is 41.8 Å². The van der Waals surface area contributed by atoms with Crippen LogP contribution in [0.4, 0.5) is 0 Å². The van der Waals surface area contributed by atoms with Gasteiger partial charge in [-0.15, -0.1) is 0 Å². The fourth-order valence-electron chi connectivity index (χ4n) is 8.80. The first kappa shape index (κ1) is 51.3. The molecule has 4 fully saturated rings. The van der Waals surface area contributed by atoms with Crippen molar-refractivity contribution < 1.29 is 105 Å². The number of esters is 7. The molecule has 0 spiro atoms. The van der Waals surface area contributed by atoms with Crippen LogP contribution in [0.2, 0.25) is 0 Å². The molecule has 0 amide bonds. The van der Waals surface area contributed by atoms with Crippen LogP contribution in [-0.2, 0) is 85.7 Å². The van der Waals surface area contributed by atoms with Crippen molar-refractivity contribution in [3.8, 4) is 23.0 Å². The highest BCUT2D eigenvalue weighted by Gasteiger charge is 2.56. The molecule has 0 aromatic heterocycles. The molecule has 4 aliphatic heterocycles. The zero-order chi connectivity index (χ0) is 49.6. The molecule has 2 aromatic rings. The lowest BCUT2D eigenvalue weighted by Crippen LogP contribution is -2.64. The molecule has 372 valence electrons. The first-order valence-corrected chi connectivity index (χ1v) is 21.7. The van der Waals surface area contributed by atoms with Crippen LogP contribution in [0.1, 0.15) is 78.7 Å². The average Bonchev–Trinajstić information content (AvgIpc) is 3.87. The molecule has 0 bridgehead atoms. The average molecular weight is 961 g/mol. The van der Waals surface area contributed by atoms with Gasteiger partial charge < -0.3 is 71.1 Å². The highest BCUT2D eigenvalue weighted by atomic mass is 16.8.